The summed E-state index contributed by atoms with van der Waals surface area (Å²) in [7, 11) is 0. The molecule has 2 atom stereocenters. The number of hydrogen-bond donors (Lipinski definition) is 1. The lowest BCUT2D eigenvalue weighted by Gasteiger charge is -2.37. The molecule has 3 rings (SSSR count). The standard InChI is InChI=1S/C17H20N4OS/c1-13-12-21(7-8-22-13)15(16-5-3-9-23-16)11-20-17-14(10-18)4-2-6-19-17/h2-6,9,13,15H,7-8,11-12H2,1H3,(H,19,20)/t13-,15+/m0/s1. The maximum absolute atomic E-state index is 9.20. The number of aromatic nitrogens is 1. The summed E-state index contributed by atoms with van der Waals surface area (Å²) in [4.78, 5) is 8.06. The number of anilines is 1. The van der Waals surface area contributed by atoms with Crippen LogP contribution in [-0.2, 0) is 4.74 Å². The fourth-order valence-electron chi connectivity index (χ4n) is 2.85. The monoisotopic (exact) mass is 328 g/mol. The maximum Gasteiger partial charge on any atom is 0.143 e. The maximum atomic E-state index is 9.20. The third-order valence-corrected chi connectivity index (χ3v) is 4.95. The third kappa shape index (κ3) is 3.88. The second-order valence-electron chi connectivity index (χ2n) is 5.60. The topological polar surface area (TPSA) is 61.2 Å². The van der Waals surface area contributed by atoms with Gasteiger partial charge in [-0.3, -0.25) is 4.90 Å². The molecular weight excluding hydrogens is 308 g/mol. The van der Waals surface area contributed by atoms with E-state index in [0.717, 1.165) is 26.2 Å². The van der Waals surface area contributed by atoms with Gasteiger partial charge in [-0.1, -0.05) is 6.07 Å². The molecule has 1 saturated heterocycles. The van der Waals surface area contributed by atoms with Crippen molar-refractivity contribution in [2.24, 2.45) is 0 Å². The van der Waals surface area contributed by atoms with Gasteiger partial charge in [0.1, 0.15) is 11.9 Å². The van der Waals surface area contributed by atoms with E-state index in [9.17, 15) is 5.26 Å². The van der Waals surface area contributed by atoms with E-state index in [2.05, 4.69) is 45.7 Å². The second-order valence-corrected chi connectivity index (χ2v) is 6.58. The average molecular weight is 328 g/mol. The number of morpholine rings is 1. The van der Waals surface area contributed by atoms with Gasteiger partial charge < -0.3 is 10.1 Å². The van der Waals surface area contributed by atoms with Crippen molar-refractivity contribution in [2.45, 2.75) is 19.1 Å². The van der Waals surface area contributed by atoms with Gasteiger partial charge >= 0.3 is 0 Å². The summed E-state index contributed by atoms with van der Waals surface area (Å²) < 4.78 is 5.66. The van der Waals surface area contributed by atoms with Crippen LogP contribution in [0.4, 0.5) is 5.82 Å². The van der Waals surface area contributed by atoms with Crippen molar-refractivity contribution in [2.75, 3.05) is 31.6 Å². The van der Waals surface area contributed by atoms with Gasteiger partial charge in [-0.2, -0.15) is 5.26 Å². The minimum Gasteiger partial charge on any atom is -0.376 e. The fourth-order valence-corrected chi connectivity index (χ4v) is 3.71. The van der Waals surface area contributed by atoms with Crippen LogP contribution in [0.5, 0.6) is 0 Å². The molecule has 1 fully saturated rings. The number of ether oxygens (including phenoxy) is 1. The molecule has 0 aliphatic carbocycles. The highest BCUT2D eigenvalue weighted by Crippen LogP contribution is 2.27. The molecule has 0 saturated carbocycles. The molecular formula is C17H20N4OS. The Kier molecular flexibility index (Phi) is 5.23. The van der Waals surface area contributed by atoms with E-state index in [1.165, 1.54) is 4.88 Å². The molecule has 2 aromatic heterocycles. The molecule has 0 spiro atoms. The summed E-state index contributed by atoms with van der Waals surface area (Å²) in [5.41, 5.74) is 0.577. The Hall–Kier alpha value is -1.94. The molecule has 0 aromatic carbocycles. The molecule has 1 N–H and O–H groups in total. The lowest BCUT2D eigenvalue weighted by molar-refractivity contribution is -0.0322. The first-order valence-electron chi connectivity index (χ1n) is 7.76. The van der Waals surface area contributed by atoms with Gasteiger partial charge in [-0.15, -0.1) is 11.3 Å². The molecule has 3 heterocycles. The largest absolute Gasteiger partial charge is 0.376 e. The van der Waals surface area contributed by atoms with E-state index in [0.29, 0.717) is 11.4 Å². The molecule has 0 radical (unpaired) electrons. The van der Waals surface area contributed by atoms with Crippen LogP contribution in [0, 0.1) is 11.3 Å². The zero-order valence-corrected chi connectivity index (χ0v) is 13.9. The lowest BCUT2D eigenvalue weighted by atomic mass is 10.1. The van der Waals surface area contributed by atoms with Crippen LogP contribution >= 0.6 is 11.3 Å². The first kappa shape index (κ1) is 15.9. The molecule has 0 unspecified atom stereocenters. The van der Waals surface area contributed by atoms with E-state index in [4.69, 9.17) is 4.74 Å². The van der Waals surface area contributed by atoms with Crippen molar-refractivity contribution in [3.8, 4) is 6.07 Å². The van der Waals surface area contributed by atoms with E-state index >= 15 is 0 Å². The Balaban J connectivity index is 1.75. The van der Waals surface area contributed by atoms with Crippen molar-refractivity contribution in [1.82, 2.24) is 9.88 Å². The highest BCUT2D eigenvalue weighted by atomic mass is 32.1. The normalized spacial score (nSPS) is 19.9. The van der Waals surface area contributed by atoms with E-state index < -0.39 is 0 Å². The van der Waals surface area contributed by atoms with Crippen LogP contribution in [-0.4, -0.2) is 42.2 Å². The zero-order valence-electron chi connectivity index (χ0n) is 13.1. The highest BCUT2D eigenvalue weighted by molar-refractivity contribution is 7.10. The van der Waals surface area contributed by atoms with Crippen LogP contribution in [0.15, 0.2) is 35.8 Å². The summed E-state index contributed by atoms with van der Waals surface area (Å²) in [5, 5.41) is 14.7. The van der Waals surface area contributed by atoms with Gasteiger partial charge in [0, 0.05) is 30.7 Å². The fraction of sp³-hybridized carbons (Fsp3) is 0.412. The van der Waals surface area contributed by atoms with Crippen LogP contribution < -0.4 is 5.32 Å². The predicted molar refractivity (Wildman–Crippen MR) is 91.5 cm³/mol. The van der Waals surface area contributed by atoms with Gasteiger partial charge in [-0.25, -0.2) is 4.98 Å². The first-order chi connectivity index (χ1) is 11.3. The third-order valence-electron chi connectivity index (χ3n) is 3.98. The number of rotatable bonds is 5. The second kappa shape index (κ2) is 7.55. The number of nitrogens with one attached hydrogen (secondary N) is 1. The van der Waals surface area contributed by atoms with E-state index in [1.807, 2.05) is 0 Å². The molecule has 23 heavy (non-hydrogen) atoms. The van der Waals surface area contributed by atoms with Gasteiger partial charge in [0.15, 0.2) is 0 Å². The van der Waals surface area contributed by atoms with Crippen molar-refractivity contribution in [3.63, 3.8) is 0 Å². The molecule has 1 aliphatic heterocycles. The van der Waals surface area contributed by atoms with Crippen LogP contribution in [0.2, 0.25) is 0 Å². The van der Waals surface area contributed by atoms with E-state index in [1.54, 1.807) is 29.7 Å². The molecule has 0 amide bonds. The summed E-state index contributed by atoms with van der Waals surface area (Å²) >= 11 is 1.76. The minimum atomic E-state index is 0.246. The summed E-state index contributed by atoms with van der Waals surface area (Å²) in [6.45, 7) is 5.42. The molecule has 5 nitrogen and oxygen atoms in total. The molecule has 120 valence electrons. The Bertz CT molecular complexity index is 667. The predicted octanol–water partition coefficient (Wildman–Crippen LogP) is 2.89. The van der Waals surface area contributed by atoms with E-state index in [-0.39, 0.29) is 12.1 Å². The van der Waals surface area contributed by atoms with Gasteiger partial charge in [-0.05, 0) is 30.5 Å². The Labute approximate surface area is 140 Å². The SMILES string of the molecule is C[C@H]1CN([C@H](CNc2ncccc2C#N)c2cccs2)CCO1. The number of nitriles is 1. The summed E-state index contributed by atoms with van der Waals surface area (Å²) in [6.07, 6.45) is 1.95. The Morgan fingerprint density at radius 2 is 2.43 bits per heavy atom. The van der Waals surface area contributed by atoms with Gasteiger partial charge in [0.2, 0.25) is 0 Å². The smallest absolute Gasteiger partial charge is 0.143 e. The molecule has 2 aromatic rings. The van der Waals surface area contributed by atoms with Gasteiger partial charge in [0.25, 0.3) is 0 Å². The van der Waals surface area contributed by atoms with Crippen molar-refractivity contribution in [3.05, 3.63) is 46.3 Å². The molecule has 6 heteroatoms. The van der Waals surface area contributed by atoms with Crippen LogP contribution in [0.3, 0.4) is 0 Å². The lowest BCUT2D eigenvalue weighted by Crippen LogP contribution is -2.44. The number of nitrogens with zero attached hydrogens (tertiary/aromatic N) is 3. The summed E-state index contributed by atoms with van der Waals surface area (Å²) in [5.74, 6) is 0.651. The number of pyridine rings is 1. The van der Waals surface area contributed by atoms with Crippen LogP contribution in [0.25, 0.3) is 0 Å². The van der Waals surface area contributed by atoms with Gasteiger partial charge in [0.05, 0.1) is 24.3 Å². The number of thiophene rings is 1. The van der Waals surface area contributed by atoms with Crippen LogP contribution in [0.1, 0.15) is 23.4 Å². The molecule has 1 aliphatic rings. The minimum absolute atomic E-state index is 0.246. The molecule has 0 bridgehead atoms. The average Bonchev–Trinajstić information content (AvgIpc) is 3.10. The first-order valence-corrected chi connectivity index (χ1v) is 8.64. The zero-order chi connectivity index (χ0) is 16.1. The summed E-state index contributed by atoms with van der Waals surface area (Å²) in [6, 6.07) is 10.3. The quantitative estimate of drug-likeness (QED) is 0.914. The highest BCUT2D eigenvalue weighted by Gasteiger charge is 2.26. The van der Waals surface area contributed by atoms with Crippen molar-refractivity contribution in [1.29, 1.82) is 5.26 Å². The number of hydrogen-bond acceptors (Lipinski definition) is 6. The Morgan fingerprint density at radius 3 is 3.17 bits per heavy atom. The van der Waals surface area contributed by atoms with Crippen molar-refractivity contribution >= 4 is 17.2 Å². The Morgan fingerprint density at radius 1 is 1.52 bits per heavy atom. The van der Waals surface area contributed by atoms with Crippen molar-refractivity contribution < 1.29 is 4.74 Å².